The van der Waals surface area contributed by atoms with Crippen molar-refractivity contribution in [2.75, 3.05) is 13.6 Å². The van der Waals surface area contributed by atoms with Crippen LogP contribution in [-0.4, -0.2) is 62.2 Å². The van der Waals surface area contributed by atoms with Crippen LogP contribution in [0.25, 0.3) is 0 Å². The maximum Gasteiger partial charge on any atom is 0.273 e. The third-order valence-electron chi connectivity index (χ3n) is 4.19. The zero-order valence-corrected chi connectivity index (χ0v) is 14.3. The number of nitrogens with zero attached hydrogens (tertiary/aromatic N) is 5. The highest BCUT2D eigenvalue weighted by Gasteiger charge is 2.47. The van der Waals surface area contributed by atoms with E-state index in [1.165, 1.54) is 24.1 Å². The van der Waals surface area contributed by atoms with Gasteiger partial charge >= 0.3 is 0 Å². The van der Waals surface area contributed by atoms with E-state index >= 15 is 0 Å². The van der Waals surface area contributed by atoms with Gasteiger partial charge in [-0.25, -0.2) is 13.5 Å². The van der Waals surface area contributed by atoms with Gasteiger partial charge in [-0.2, -0.15) is 0 Å². The van der Waals surface area contributed by atoms with Gasteiger partial charge in [0.2, 0.25) is 0 Å². The number of hydrogen-bond acceptors (Lipinski definition) is 5. The molecule has 1 N–H and O–H groups in total. The number of aromatic nitrogens is 4. The first-order valence-electron chi connectivity index (χ1n) is 8.03. The standard InChI is InChI=1S/C16H18F2N6O2/c1-10-3-4-11(6-20-10)15(26)24-9-16(17,18)5-12(24)7-23-8-13(21-22-23)14(25)19-2/h3-4,6,8,12H,5,7,9H2,1-2H3,(H,19,25)/t12-/m0/s1. The second kappa shape index (κ2) is 6.77. The number of likely N-dealkylation sites (tertiary alicyclic amines) is 1. The van der Waals surface area contributed by atoms with E-state index in [-0.39, 0.29) is 17.8 Å². The van der Waals surface area contributed by atoms with Gasteiger partial charge in [-0.1, -0.05) is 5.21 Å². The monoisotopic (exact) mass is 364 g/mol. The summed E-state index contributed by atoms with van der Waals surface area (Å²) in [5.41, 5.74) is 1.06. The van der Waals surface area contributed by atoms with Crippen molar-refractivity contribution in [3.05, 3.63) is 41.5 Å². The van der Waals surface area contributed by atoms with Crippen LogP contribution in [-0.2, 0) is 6.54 Å². The van der Waals surface area contributed by atoms with Gasteiger partial charge < -0.3 is 10.2 Å². The molecule has 0 aliphatic carbocycles. The molecule has 0 saturated carbocycles. The fourth-order valence-corrected chi connectivity index (χ4v) is 2.89. The van der Waals surface area contributed by atoms with Gasteiger partial charge in [-0.3, -0.25) is 14.6 Å². The summed E-state index contributed by atoms with van der Waals surface area (Å²) in [5, 5.41) is 9.90. The van der Waals surface area contributed by atoms with Gasteiger partial charge in [0, 0.05) is 25.4 Å². The molecule has 1 aliphatic rings. The van der Waals surface area contributed by atoms with Crippen LogP contribution < -0.4 is 5.32 Å². The number of amides is 2. The molecule has 2 amide bonds. The average molecular weight is 364 g/mol. The molecule has 0 spiro atoms. The molecule has 3 rings (SSSR count). The van der Waals surface area contributed by atoms with Crippen LogP contribution in [0.2, 0.25) is 0 Å². The molecule has 138 valence electrons. The summed E-state index contributed by atoms with van der Waals surface area (Å²) in [6, 6.07) is 2.46. The van der Waals surface area contributed by atoms with E-state index in [0.717, 1.165) is 10.6 Å². The molecule has 8 nitrogen and oxygen atoms in total. The minimum absolute atomic E-state index is 0.0185. The predicted molar refractivity (Wildman–Crippen MR) is 86.8 cm³/mol. The van der Waals surface area contributed by atoms with Crippen LogP contribution in [0.3, 0.4) is 0 Å². The van der Waals surface area contributed by atoms with Crippen molar-refractivity contribution in [1.82, 2.24) is 30.2 Å². The number of carbonyl (C=O) groups is 2. The Morgan fingerprint density at radius 2 is 2.15 bits per heavy atom. The lowest BCUT2D eigenvalue weighted by molar-refractivity contribution is 0.0117. The molecule has 1 atom stereocenters. The second-order valence-corrected chi connectivity index (χ2v) is 6.24. The molecular formula is C16H18F2N6O2. The van der Waals surface area contributed by atoms with E-state index in [1.54, 1.807) is 19.1 Å². The number of hydrogen-bond donors (Lipinski definition) is 1. The Kier molecular flexibility index (Phi) is 4.66. The molecule has 1 aliphatic heterocycles. The Morgan fingerprint density at radius 3 is 2.81 bits per heavy atom. The fourth-order valence-electron chi connectivity index (χ4n) is 2.89. The first kappa shape index (κ1) is 17.9. The molecule has 0 bridgehead atoms. The van der Waals surface area contributed by atoms with Crippen LogP contribution >= 0.6 is 0 Å². The number of alkyl halides is 2. The van der Waals surface area contributed by atoms with Crippen molar-refractivity contribution in [3.63, 3.8) is 0 Å². The maximum atomic E-state index is 14.0. The molecule has 2 aromatic rings. The Balaban J connectivity index is 1.79. The maximum absolute atomic E-state index is 14.0. The second-order valence-electron chi connectivity index (χ2n) is 6.24. The lowest BCUT2D eigenvalue weighted by Gasteiger charge is -2.23. The van der Waals surface area contributed by atoms with Crippen molar-refractivity contribution in [1.29, 1.82) is 0 Å². The SMILES string of the molecule is CNC(=O)c1cn(C[C@@H]2CC(F)(F)CN2C(=O)c2ccc(C)nc2)nn1. The number of carbonyl (C=O) groups excluding carboxylic acids is 2. The van der Waals surface area contributed by atoms with E-state index in [1.807, 2.05) is 0 Å². The fraction of sp³-hybridized carbons (Fsp3) is 0.438. The smallest absolute Gasteiger partial charge is 0.273 e. The third-order valence-corrected chi connectivity index (χ3v) is 4.19. The molecule has 0 radical (unpaired) electrons. The van der Waals surface area contributed by atoms with Gasteiger partial charge in [0.1, 0.15) is 0 Å². The van der Waals surface area contributed by atoms with E-state index in [9.17, 15) is 18.4 Å². The molecular weight excluding hydrogens is 346 g/mol. The van der Waals surface area contributed by atoms with E-state index in [2.05, 4.69) is 20.6 Å². The molecule has 0 aromatic carbocycles. The number of rotatable bonds is 4. The van der Waals surface area contributed by atoms with Crippen LogP contribution in [0.5, 0.6) is 0 Å². The normalized spacial score (nSPS) is 18.8. The van der Waals surface area contributed by atoms with Crippen molar-refractivity contribution < 1.29 is 18.4 Å². The van der Waals surface area contributed by atoms with Gasteiger partial charge in [-0.15, -0.1) is 5.10 Å². The summed E-state index contributed by atoms with van der Waals surface area (Å²) in [4.78, 5) is 29.4. The summed E-state index contributed by atoms with van der Waals surface area (Å²) in [7, 11) is 1.45. The minimum Gasteiger partial charge on any atom is -0.354 e. The summed E-state index contributed by atoms with van der Waals surface area (Å²) >= 11 is 0. The van der Waals surface area contributed by atoms with Crippen molar-refractivity contribution in [2.45, 2.75) is 31.9 Å². The largest absolute Gasteiger partial charge is 0.354 e. The zero-order valence-electron chi connectivity index (χ0n) is 14.3. The molecule has 10 heteroatoms. The molecule has 1 fully saturated rings. The number of halogens is 2. The molecule has 2 aromatic heterocycles. The topological polar surface area (TPSA) is 93.0 Å². The minimum atomic E-state index is -2.98. The predicted octanol–water partition coefficient (Wildman–Crippen LogP) is 0.891. The average Bonchev–Trinajstić information content (AvgIpc) is 3.18. The van der Waals surface area contributed by atoms with Crippen LogP contribution in [0.15, 0.2) is 24.5 Å². The van der Waals surface area contributed by atoms with Gasteiger partial charge in [-0.05, 0) is 19.1 Å². The van der Waals surface area contributed by atoms with E-state index in [4.69, 9.17) is 0 Å². The lowest BCUT2D eigenvalue weighted by Crippen LogP contribution is -2.38. The van der Waals surface area contributed by atoms with E-state index < -0.39 is 36.7 Å². The quantitative estimate of drug-likeness (QED) is 0.870. The zero-order chi connectivity index (χ0) is 18.9. The van der Waals surface area contributed by atoms with Gasteiger partial charge in [0.05, 0.1) is 30.9 Å². The van der Waals surface area contributed by atoms with E-state index in [0.29, 0.717) is 0 Å². The summed E-state index contributed by atoms with van der Waals surface area (Å²) in [6.07, 6.45) is 2.27. The highest BCUT2D eigenvalue weighted by atomic mass is 19.3. The van der Waals surface area contributed by atoms with Crippen LogP contribution in [0.1, 0.15) is 33.0 Å². The Labute approximate surface area is 148 Å². The first-order chi connectivity index (χ1) is 12.3. The molecule has 0 unspecified atom stereocenters. The van der Waals surface area contributed by atoms with Crippen molar-refractivity contribution >= 4 is 11.8 Å². The Bertz CT molecular complexity index is 820. The lowest BCUT2D eigenvalue weighted by atomic mass is 10.1. The van der Waals surface area contributed by atoms with Crippen molar-refractivity contribution in [3.8, 4) is 0 Å². The number of nitrogens with one attached hydrogen (secondary N) is 1. The molecule has 26 heavy (non-hydrogen) atoms. The van der Waals surface area contributed by atoms with Gasteiger partial charge in [0.25, 0.3) is 17.7 Å². The summed E-state index contributed by atoms with van der Waals surface area (Å²) in [5.74, 6) is -3.92. The van der Waals surface area contributed by atoms with Crippen LogP contribution in [0.4, 0.5) is 8.78 Å². The third kappa shape index (κ3) is 3.68. The molecule has 3 heterocycles. The highest BCUT2D eigenvalue weighted by molar-refractivity contribution is 5.94. The highest BCUT2D eigenvalue weighted by Crippen LogP contribution is 2.33. The van der Waals surface area contributed by atoms with Gasteiger partial charge in [0.15, 0.2) is 5.69 Å². The summed E-state index contributed by atoms with van der Waals surface area (Å²) < 4.78 is 29.2. The Hall–Kier alpha value is -2.91. The molecule has 1 saturated heterocycles. The Morgan fingerprint density at radius 1 is 1.38 bits per heavy atom. The number of aryl methyl sites for hydroxylation is 1. The van der Waals surface area contributed by atoms with Crippen LogP contribution in [0, 0.1) is 6.92 Å². The number of pyridine rings is 1. The first-order valence-corrected chi connectivity index (χ1v) is 8.03. The van der Waals surface area contributed by atoms with Crippen molar-refractivity contribution in [2.24, 2.45) is 0 Å². The summed E-state index contributed by atoms with van der Waals surface area (Å²) in [6.45, 7) is 1.13.